The Labute approximate surface area is 72.4 Å². The van der Waals surface area contributed by atoms with E-state index in [-0.39, 0.29) is 12.5 Å². The van der Waals surface area contributed by atoms with Gasteiger partial charge in [-0.3, -0.25) is 4.79 Å². The summed E-state index contributed by atoms with van der Waals surface area (Å²) in [7, 11) is 0. The third-order valence-electron chi connectivity index (χ3n) is 1.33. The molecule has 0 heterocycles. The van der Waals surface area contributed by atoms with Gasteiger partial charge in [-0.25, -0.2) is 0 Å². The van der Waals surface area contributed by atoms with Gasteiger partial charge in [0.05, 0.1) is 0 Å². The Morgan fingerprint density at radius 1 is 1.33 bits per heavy atom. The number of benzene rings is 1. The summed E-state index contributed by atoms with van der Waals surface area (Å²) in [6.45, 7) is 1.98. The molecule has 0 bridgehead atoms. The molecule has 1 aromatic carbocycles. The van der Waals surface area contributed by atoms with Crippen molar-refractivity contribution in [2.75, 3.05) is 0 Å². The van der Waals surface area contributed by atoms with Crippen molar-refractivity contribution in [1.82, 2.24) is 0 Å². The molecule has 0 fully saturated rings. The van der Waals surface area contributed by atoms with Crippen molar-refractivity contribution in [2.24, 2.45) is 11.5 Å². The second kappa shape index (κ2) is 6.37. The lowest BCUT2D eigenvalue weighted by atomic mass is 10.1. The average molecular weight is 166 g/mol. The third-order valence-corrected chi connectivity index (χ3v) is 1.33. The second-order valence-corrected chi connectivity index (χ2v) is 2.34. The molecule has 3 heteroatoms. The van der Waals surface area contributed by atoms with Crippen LogP contribution >= 0.6 is 0 Å². The highest BCUT2D eigenvalue weighted by Crippen LogP contribution is 2.06. The summed E-state index contributed by atoms with van der Waals surface area (Å²) in [5.74, 6) is 0. The molecule has 1 aromatic rings. The van der Waals surface area contributed by atoms with Gasteiger partial charge in [0.25, 0.3) is 0 Å². The summed E-state index contributed by atoms with van der Waals surface area (Å²) in [4.78, 5) is 8.58. The molecule has 0 saturated heterocycles. The van der Waals surface area contributed by atoms with Crippen LogP contribution in [0, 0.1) is 0 Å². The van der Waals surface area contributed by atoms with Crippen molar-refractivity contribution in [1.29, 1.82) is 0 Å². The topological polar surface area (TPSA) is 69.1 Å². The van der Waals surface area contributed by atoms with Crippen LogP contribution in [0.1, 0.15) is 18.5 Å². The number of nitrogens with two attached hydrogens (primary N) is 2. The van der Waals surface area contributed by atoms with E-state index < -0.39 is 0 Å². The SMILES string of the molecule is C[C@@H](N)c1ccccc1.NC=O. The van der Waals surface area contributed by atoms with Gasteiger partial charge in [-0.1, -0.05) is 30.3 Å². The van der Waals surface area contributed by atoms with E-state index in [2.05, 4.69) is 5.73 Å². The highest BCUT2D eigenvalue weighted by Gasteiger charge is 1.93. The zero-order chi connectivity index (χ0) is 9.40. The minimum atomic E-state index is 0.159. The largest absolute Gasteiger partial charge is 0.372 e. The standard InChI is InChI=1S/C8H11N.CH3NO/c1-7(9)8-5-3-2-4-6-8;2-1-3/h2-7H,9H2,1H3;1H,(H2,2,3)/t7-;/m1./s1. The fourth-order valence-corrected chi connectivity index (χ4v) is 0.757. The Hall–Kier alpha value is -1.35. The Balaban J connectivity index is 0.000000354. The first-order chi connectivity index (χ1) is 5.72. The minimum absolute atomic E-state index is 0.159. The highest BCUT2D eigenvalue weighted by molar-refractivity contribution is 5.42. The molecule has 0 aliphatic rings. The van der Waals surface area contributed by atoms with Crippen LogP contribution in [-0.2, 0) is 4.79 Å². The van der Waals surface area contributed by atoms with Crippen molar-refractivity contribution >= 4 is 6.41 Å². The second-order valence-electron chi connectivity index (χ2n) is 2.34. The molecule has 0 aliphatic heterocycles. The summed E-state index contributed by atoms with van der Waals surface area (Å²) >= 11 is 0. The minimum Gasteiger partial charge on any atom is -0.372 e. The van der Waals surface area contributed by atoms with Crippen LogP contribution in [-0.4, -0.2) is 6.41 Å². The Bertz CT molecular complexity index is 209. The molecule has 0 spiro atoms. The molecule has 3 nitrogen and oxygen atoms in total. The van der Waals surface area contributed by atoms with Gasteiger partial charge in [0.2, 0.25) is 6.41 Å². The van der Waals surface area contributed by atoms with Crippen molar-refractivity contribution in [3.8, 4) is 0 Å². The molecule has 4 N–H and O–H groups in total. The zero-order valence-corrected chi connectivity index (χ0v) is 7.10. The van der Waals surface area contributed by atoms with Gasteiger partial charge in [-0.15, -0.1) is 0 Å². The summed E-state index contributed by atoms with van der Waals surface area (Å²) in [6.07, 6.45) is 0.250. The number of hydrogen-bond donors (Lipinski definition) is 2. The fraction of sp³-hybridized carbons (Fsp3) is 0.222. The van der Waals surface area contributed by atoms with Crippen LogP contribution in [0.2, 0.25) is 0 Å². The molecule has 66 valence electrons. The van der Waals surface area contributed by atoms with Crippen molar-refractivity contribution in [3.05, 3.63) is 35.9 Å². The summed E-state index contributed by atoms with van der Waals surface area (Å²) < 4.78 is 0. The van der Waals surface area contributed by atoms with Crippen molar-refractivity contribution in [2.45, 2.75) is 13.0 Å². The number of hydrogen-bond acceptors (Lipinski definition) is 2. The maximum absolute atomic E-state index is 8.58. The number of carbonyl (C=O) groups excluding carboxylic acids is 1. The first kappa shape index (κ1) is 10.7. The number of amides is 1. The fourth-order valence-electron chi connectivity index (χ4n) is 0.757. The van der Waals surface area contributed by atoms with Gasteiger partial charge in [0.1, 0.15) is 0 Å². The van der Waals surface area contributed by atoms with Crippen LogP contribution in [0.5, 0.6) is 0 Å². The van der Waals surface area contributed by atoms with E-state index in [1.165, 1.54) is 5.56 Å². The Kier molecular flexibility index (Phi) is 5.65. The van der Waals surface area contributed by atoms with E-state index in [0.717, 1.165) is 0 Å². The predicted molar refractivity (Wildman–Crippen MR) is 49.3 cm³/mol. The van der Waals surface area contributed by atoms with Gasteiger partial charge < -0.3 is 11.5 Å². The molecule has 0 unspecified atom stereocenters. The first-order valence-corrected chi connectivity index (χ1v) is 3.68. The molecule has 1 rings (SSSR count). The zero-order valence-electron chi connectivity index (χ0n) is 7.10. The summed E-state index contributed by atoms with van der Waals surface area (Å²) in [5, 5.41) is 0. The molecular weight excluding hydrogens is 152 g/mol. The molecule has 12 heavy (non-hydrogen) atoms. The normalized spacial score (nSPS) is 10.8. The van der Waals surface area contributed by atoms with Crippen LogP contribution in [0.15, 0.2) is 30.3 Å². The lowest BCUT2D eigenvalue weighted by Crippen LogP contribution is -2.03. The number of carbonyl (C=O) groups is 1. The number of primary amides is 1. The van der Waals surface area contributed by atoms with Crippen LogP contribution in [0.25, 0.3) is 0 Å². The molecule has 0 aromatic heterocycles. The molecule has 1 amide bonds. The van der Waals surface area contributed by atoms with Crippen LogP contribution in [0.3, 0.4) is 0 Å². The first-order valence-electron chi connectivity index (χ1n) is 3.68. The molecule has 0 saturated carbocycles. The molecule has 0 aliphatic carbocycles. The van der Waals surface area contributed by atoms with Gasteiger partial charge >= 0.3 is 0 Å². The highest BCUT2D eigenvalue weighted by atomic mass is 16.1. The third kappa shape index (κ3) is 4.46. The smallest absolute Gasteiger partial charge is 0.204 e. The van der Waals surface area contributed by atoms with Crippen LogP contribution in [0.4, 0.5) is 0 Å². The van der Waals surface area contributed by atoms with E-state index in [4.69, 9.17) is 10.5 Å². The van der Waals surface area contributed by atoms with E-state index >= 15 is 0 Å². The summed E-state index contributed by atoms with van der Waals surface area (Å²) in [6, 6.07) is 10.2. The van der Waals surface area contributed by atoms with E-state index in [9.17, 15) is 0 Å². The van der Waals surface area contributed by atoms with Gasteiger partial charge in [0, 0.05) is 6.04 Å². The molecular formula is C9H14N2O. The Morgan fingerprint density at radius 2 is 1.75 bits per heavy atom. The number of rotatable bonds is 1. The predicted octanol–water partition coefficient (Wildman–Crippen LogP) is 0.808. The lowest BCUT2D eigenvalue weighted by molar-refractivity contribution is -0.106. The van der Waals surface area contributed by atoms with Crippen LogP contribution < -0.4 is 11.5 Å². The monoisotopic (exact) mass is 166 g/mol. The Morgan fingerprint density at radius 3 is 2.00 bits per heavy atom. The molecule has 0 radical (unpaired) electrons. The van der Waals surface area contributed by atoms with E-state index in [1.54, 1.807) is 0 Å². The van der Waals surface area contributed by atoms with Crippen molar-refractivity contribution in [3.63, 3.8) is 0 Å². The maximum atomic E-state index is 8.58. The van der Waals surface area contributed by atoms with E-state index in [0.29, 0.717) is 0 Å². The average Bonchev–Trinajstić information content (AvgIpc) is 2.07. The van der Waals surface area contributed by atoms with Gasteiger partial charge in [0.15, 0.2) is 0 Å². The lowest BCUT2D eigenvalue weighted by Gasteiger charge is -2.02. The van der Waals surface area contributed by atoms with Crippen molar-refractivity contribution < 1.29 is 4.79 Å². The van der Waals surface area contributed by atoms with Gasteiger partial charge in [-0.2, -0.15) is 0 Å². The molecule has 1 atom stereocenters. The maximum Gasteiger partial charge on any atom is 0.204 e. The van der Waals surface area contributed by atoms with Gasteiger partial charge in [-0.05, 0) is 12.5 Å². The summed E-state index contributed by atoms with van der Waals surface area (Å²) in [5.41, 5.74) is 11.0. The van der Waals surface area contributed by atoms with E-state index in [1.807, 2.05) is 37.3 Å². The quantitative estimate of drug-likeness (QED) is 0.606.